The van der Waals surface area contributed by atoms with Crippen molar-refractivity contribution in [2.75, 3.05) is 18.2 Å². The van der Waals surface area contributed by atoms with Crippen molar-refractivity contribution in [3.8, 4) is 5.69 Å². The van der Waals surface area contributed by atoms with Gasteiger partial charge in [0.25, 0.3) is 0 Å². The lowest BCUT2D eigenvalue weighted by Crippen LogP contribution is -2.16. The number of para-hydroxylation sites is 1. The SMILES string of the molecule is COC(=O)c1cccc(-n2nnnc2SCC(=O)Nc2c(C)cccc2C)c1. The number of aromatic nitrogens is 4. The fourth-order valence-electron chi connectivity index (χ4n) is 2.63. The molecule has 8 nitrogen and oxygen atoms in total. The zero-order valence-electron chi connectivity index (χ0n) is 15.7. The number of carbonyl (C=O) groups is 2. The van der Waals surface area contributed by atoms with Crippen LogP contribution in [0.1, 0.15) is 21.5 Å². The number of benzene rings is 2. The van der Waals surface area contributed by atoms with Crippen LogP contribution in [0.5, 0.6) is 0 Å². The topological polar surface area (TPSA) is 99.0 Å². The number of hydrogen-bond acceptors (Lipinski definition) is 7. The summed E-state index contributed by atoms with van der Waals surface area (Å²) in [5, 5.41) is 15.0. The van der Waals surface area contributed by atoms with Crippen LogP contribution in [-0.2, 0) is 9.53 Å². The Hall–Kier alpha value is -3.20. The first-order chi connectivity index (χ1) is 13.5. The van der Waals surface area contributed by atoms with Crippen LogP contribution in [0.2, 0.25) is 0 Å². The molecule has 1 amide bonds. The molecule has 1 aromatic heterocycles. The van der Waals surface area contributed by atoms with E-state index in [1.807, 2.05) is 32.0 Å². The molecule has 3 rings (SSSR count). The Kier molecular flexibility index (Phi) is 6.05. The Morgan fingerprint density at radius 1 is 1.14 bits per heavy atom. The van der Waals surface area contributed by atoms with E-state index in [4.69, 9.17) is 4.74 Å². The predicted molar refractivity (Wildman–Crippen MR) is 106 cm³/mol. The highest BCUT2D eigenvalue weighted by atomic mass is 32.2. The molecule has 0 spiro atoms. The first-order valence-electron chi connectivity index (χ1n) is 8.45. The van der Waals surface area contributed by atoms with Gasteiger partial charge in [0.1, 0.15) is 0 Å². The number of amides is 1. The van der Waals surface area contributed by atoms with Crippen molar-refractivity contribution < 1.29 is 14.3 Å². The molecule has 0 aliphatic carbocycles. The number of ether oxygens (including phenoxy) is 1. The minimum Gasteiger partial charge on any atom is -0.465 e. The molecule has 2 aromatic carbocycles. The van der Waals surface area contributed by atoms with Gasteiger partial charge in [0.05, 0.1) is 24.1 Å². The largest absolute Gasteiger partial charge is 0.465 e. The molecular weight excluding hydrogens is 378 g/mol. The van der Waals surface area contributed by atoms with Crippen LogP contribution in [0.4, 0.5) is 5.69 Å². The summed E-state index contributed by atoms with van der Waals surface area (Å²) < 4.78 is 6.21. The summed E-state index contributed by atoms with van der Waals surface area (Å²) in [4.78, 5) is 24.1. The second-order valence-electron chi connectivity index (χ2n) is 6.02. The van der Waals surface area contributed by atoms with Gasteiger partial charge in [-0.1, -0.05) is 36.0 Å². The van der Waals surface area contributed by atoms with Crippen LogP contribution in [0, 0.1) is 13.8 Å². The quantitative estimate of drug-likeness (QED) is 0.504. The molecule has 0 bridgehead atoms. The van der Waals surface area contributed by atoms with Crippen LogP contribution in [0.25, 0.3) is 5.69 Å². The third-order valence-corrected chi connectivity index (χ3v) is 4.95. The maximum absolute atomic E-state index is 12.4. The van der Waals surface area contributed by atoms with Crippen molar-refractivity contribution in [1.82, 2.24) is 20.2 Å². The molecule has 9 heteroatoms. The van der Waals surface area contributed by atoms with Gasteiger partial charge in [0.15, 0.2) is 0 Å². The number of esters is 1. The van der Waals surface area contributed by atoms with Crippen molar-refractivity contribution in [3.63, 3.8) is 0 Å². The third kappa shape index (κ3) is 4.37. The van der Waals surface area contributed by atoms with Crippen molar-refractivity contribution >= 4 is 29.3 Å². The molecule has 0 fully saturated rings. The van der Waals surface area contributed by atoms with Gasteiger partial charge in [-0.25, -0.2) is 4.79 Å². The minimum absolute atomic E-state index is 0.144. The van der Waals surface area contributed by atoms with E-state index in [0.717, 1.165) is 16.8 Å². The Morgan fingerprint density at radius 2 is 1.86 bits per heavy atom. The fourth-order valence-corrected chi connectivity index (χ4v) is 3.32. The zero-order chi connectivity index (χ0) is 20.1. The van der Waals surface area contributed by atoms with Crippen LogP contribution in [0.3, 0.4) is 0 Å². The number of methoxy groups -OCH3 is 1. The van der Waals surface area contributed by atoms with Gasteiger partial charge in [-0.2, -0.15) is 4.68 Å². The first kappa shape index (κ1) is 19.6. The second-order valence-corrected chi connectivity index (χ2v) is 6.96. The van der Waals surface area contributed by atoms with Gasteiger partial charge in [-0.05, 0) is 53.6 Å². The van der Waals surface area contributed by atoms with E-state index in [1.54, 1.807) is 24.3 Å². The Bertz CT molecular complexity index is 998. The minimum atomic E-state index is -0.447. The summed E-state index contributed by atoms with van der Waals surface area (Å²) in [6.07, 6.45) is 0. The molecule has 0 unspecified atom stereocenters. The van der Waals surface area contributed by atoms with E-state index >= 15 is 0 Å². The summed E-state index contributed by atoms with van der Waals surface area (Å²) in [7, 11) is 1.32. The van der Waals surface area contributed by atoms with E-state index in [9.17, 15) is 9.59 Å². The molecule has 0 aliphatic rings. The van der Waals surface area contributed by atoms with Gasteiger partial charge < -0.3 is 10.1 Å². The first-order valence-corrected chi connectivity index (χ1v) is 9.44. The maximum atomic E-state index is 12.4. The van der Waals surface area contributed by atoms with Gasteiger partial charge in [0.2, 0.25) is 11.1 Å². The lowest BCUT2D eigenvalue weighted by atomic mass is 10.1. The van der Waals surface area contributed by atoms with Gasteiger partial charge in [-0.3, -0.25) is 4.79 Å². The molecule has 0 saturated carbocycles. The van der Waals surface area contributed by atoms with Crippen molar-refractivity contribution in [2.24, 2.45) is 0 Å². The second kappa shape index (κ2) is 8.66. The number of tetrazole rings is 1. The number of rotatable bonds is 6. The van der Waals surface area contributed by atoms with Crippen LogP contribution >= 0.6 is 11.8 Å². The highest BCUT2D eigenvalue weighted by Crippen LogP contribution is 2.22. The normalized spacial score (nSPS) is 10.5. The Balaban J connectivity index is 1.71. The summed E-state index contributed by atoms with van der Waals surface area (Å²) in [6.45, 7) is 3.90. The smallest absolute Gasteiger partial charge is 0.337 e. The molecule has 144 valence electrons. The molecule has 0 atom stereocenters. The van der Waals surface area contributed by atoms with Crippen LogP contribution in [-0.4, -0.2) is 44.9 Å². The molecular formula is C19H19N5O3S. The van der Waals surface area contributed by atoms with Gasteiger partial charge >= 0.3 is 5.97 Å². The van der Waals surface area contributed by atoms with Crippen LogP contribution in [0.15, 0.2) is 47.6 Å². The van der Waals surface area contributed by atoms with E-state index in [1.165, 1.54) is 23.6 Å². The third-order valence-electron chi connectivity index (χ3n) is 4.03. The number of aryl methyl sites for hydroxylation is 2. The van der Waals surface area contributed by atoms with E-state index in [0.29, 0.717) is 16.4 Å². The highest BCUT2D eigenvalue weighted by molar-refractivity contribution is 7.99. The summed E-state index contributed by atoms with van der Waals surface area (Å²) in [5.41, 5.74) is 3.81. The maximum Gasteiger partial charge on any atom is 0.337 e. The van der Waals surface area contributed by atoms with E-state index in [2.05, 4.69) is 20.8 Å². The highest BCUT2D eigenvalue weighted by Gasteiger charge is 2.14. The molecule has 1 heterocycles. The molecule has 0 aliphatic heterocycles. The van der Waals surface area contributed by atoms with E-state index in [-0.39, 0.29) is 11.7 Å². The number of nitrogens with zero attached hydrogens (tertiary/aromatic N) is 4. The predicted octanol–water partition coefficient (Wildman–Crippen LogP) is 2.80. The van der Waals surface area contributed by atoms with Crippen molar-refractivity contribution in [1.29, 1.82) is 0 Å². The number of anilines is 1. The van der Waals surface area contributed by atoms with Crippen molar-refractivity contribution in [2.45, 2.75) is 19.0 Å². The van der Waals surface area contributed by atoms with E-state index < -0.39 is 5.97 Å². The average Bonchev–Trinajstić information content (AvgIpc) is 3.17. The Labute approximate surface area is 166 Å². The monoisotopic (exact) mass is 397 g/mol. The summed E-state index contributed by atoms with van der Waals surface area (Å²) in [6, 6.07) is 12.6. The fraction of sp³-hybridized carbons (Fsp3) is 0.211. The summed E-state index contributed by atoms with van der Waals surface area (Å²) >= 11 is 1.21. The molecule has 0 saturated heterocycles. The average molecular weight is 397 g/mol. The van der Waals surface area contributed by atoms with Crippen molar-refractivity contribution in [3.05, 3.63) is 59.2 Å². The lowest BCUT2D eigenvalue weighted by molar-refractivity contribution is -0.113. The molecule has 1 N–H and O–H groups in total. The number of nitrogens with one attached hydrogen (secondary N) is 1. The van der Waals surface area contributed by atoms with Gasteiger partial charge in [0, 0.05) is 5.69 Å². The number of hydrogen-bond donors (Lipinski definition) is 1. The molecule has 28 heavy (non-hydrogen) atoms. The van der Waals surface area contributed by atoms with Crippen LogP contribution < -0.4 is 5.32 Å². The molecule has 0 radical (unpaired) electrons. The number of thioether (sulfide) groups is 1. The molecule has 3 aromatic rings. The Morgan fingerprint density at radius 3 is 2.57 bits per heavy atom. The zero-order valence-corrected chi connectivity index (χ0v) is 16.5. The lowest BCUT2D eigenvalue weighted by Gasteiger charge is -2.11. The summed E-state index contributed by atoms with van der Waals surface area (Å²) in [5.74, 6) is -0.456. The number of carbonyl (C=O) groups excluding carboxylic acids is 2. The standard InChI is InChI=1S/C19H19N5O3S/c1-12-6-4-7-13(2)17(12)20-16(25)11-28-19-21-22-23-24(19)15-9-5-8-14(10-15)18(26)27-3/h4-10H,11H2,1-3H3,(H,20,25). The van der Waals surface area contributed by atoms with Gasteiger partial charge in [-0.15, -0.1) is 5.10 Å².